The number of hydrogen-bond acceptors (Lipinski definition) is 4. The summed E-state index contributed by atoms with van der Waals surface area (Å²) in [6.07, 6.45) is 13.3. The number of nitrogens with zero attached hydrogens (tertiary/aromatic N) is 3. The van der Waals surface area contributed by atoms with E-state index in [4.69, 9.17) is 4.98 Å². The van der Waals surface area contributed by atoms with Gasteiger partial charge in [-0.15, -0.1) is 0 Å². The Kier molecular flexibility index (Phi) is 5.29. The first kappa shape index (κ1) is 19.0. The predicted molar refractivity (Wildman–Crippen MR) is 112 cm³/mol. The van der Waals surface area contributed by atoms with Gasteiger partial charge in [0.1, 0.15) is 5.82 Å². The summed E-state index contributed by atoms with van der Waals surface area (Å²) in [7, 11) is 0. The van der Waals surface area contributed by atoms with Crippen LogP contribution in [0.3, 0.4) is 0 Å². The SMILES string of the molecule is O=C(C1CC1)N1CCc2nc([C@@H]3CCCN(C[C@@H]4CC=CCC4)C3)[nH]c(=O)c2C1. The Morgan fingerprint density at radius 2 is 2.07 bits per heavy atom. The molecule has 1 amide bonds. The third-order valence-corrected chi connectivity index (χ3v) is 7.11. The zero-order valence-corrected chi connectivity index (χ0v) is 17.2. The van der Waals surface area contributed by atoms with E-state index >= 15 is 0 Å². The molecule has 2 atom stereocenters. The van der Waals surface area contributed by atoms with Gasteiger partial charge in [-0.05, 0) is 57.4 Å². The molecule has 0 spiro atoms. The van der Waals surface area contributed by atoms with Crippen LogP contribution in [-0.2, 0) is 17.8 Å². The summed E-state index contributed by atoms with van der Waals surface area (Å²) in [5, 5.41) is 0. The first-order valence-corrected chi connectivity index (χ1v) is 11.5. The minimum atomic E-state index is -0.0344. The molecule has 0 unspecified atom stereocenters. The average molecular weight is 397 g/mol. The third-order valence-electron chi connectivity index (χ3n) is 7.11. The first-order valence-electron chi connectivity index (χ1n) is 11.5. The number of nitrogens with one attached hydrogen (secondary N) is 1. The number of allylic oxidation sites excluding steroid dienone is 2. The van der Waals surface area contributed by atoms with Gasteiger partial charge >= 0.3 is 0 Å². The summed E-state index contributed by atoms with van der Waals surface area (Å²) in [4.78, 5) is 37.6. The van der Waals surface area contributed by atoms with Gasteiger partial charge in [-0.2, -0.15) is 0 Å². The largest absolute Gasteiger partial charge is 0.337 e. The minimum absolute atomic E-state index is 0.0344. The molecule has 0 aromatic carbocycles. The second-order valence-corrected chi connectivity index (χ2v) is 9.41. The number of piperidine rings is 1. The number of amides is 1. The lowest BCUT2D eigenvalue weighted by Crippen LogP contribution is -2.42. The highest BCUT2D eigenvalue weighted by atomic mass is 16.2. The molecular formula is C23H32N4O2. The van der Waals surface area contributed by atoms with Crippen molar-refractivity contribution in [2.45, 2.75) is 63.8 Å². The lowest BCUT2D eigenvalue weighted by molar-refractivity contribution is -0.133. The Morgan fingerprint density at radius 1 is 1.17 bits per heavy atom. The van der Waals surface area contributed by atoms with Crippen LogP contribution in [0.4, 0.5) is 0 Å². The van der Waals surface area contributed by atoms with E-state index in [1.165, 1.54) is 19.3 Å². The summed E-state index contributed by atoms with van der Waals surface area (Å²) in [6.45, 7) is 4.44. The van der Waals surface area contributed by atoms with Crippen LogP contribution in [0.25, 0.3) is 0 Å². The number of likely N-dealkylation sites (tertiary alicyclic amines) is 1. The van der Waals surface area contributed by atoms with Gasteiger partial charge in [0, 0.05) is 37.9 Å². The summed E-state index contributed by atoms with van der Waals surface area (Å²) >= 11 is 0. The van der Waals surface area contributed by atoms with E-state index in [9.17, 15) is 9.59 Å². The zero-order valence-electron chi connectivity index (χ0n) is 17.2. The fourth-order valence-corrected chi connectivity index (χ4v) is 5.25. The van der Waals surface area contributed by atoms with Crippen LogP contribution in [0, 0.1) is 11.8 Å². The van der Waals surface area contributed by atoms with Crippen molar-refractivity contribution in [1.29, 1.82) is 0 Å². The van der Waals surface area contributed by atoms with Crippen LogP contribution in [0.15, 0.2) is 16.9 Å². The van der Waals surface area contributed by atoms with Crippen LogP contribution in [0.5, 0.6) is 0 Å². The van der Waals surface area contributed by atoms with Crippen LogP contribution < -0.4 is 5.56 Å². The number of carbonyl (C=O) groups excluding carboxylic acids is 1. The quantitative estimate of drug-likeness (QED) is 0.795. The van der Waals surface area contributed by atoms with Gasteiger partial charge in [0.05, 0.1) is 17.8 Å². The number of fused-ring (bicyclic) bond motifs is 1. The topological polar surface area (TPSA) is 69.3 Å². The monoisotopic (exact) mass is 396 g/mol. The summed E-state index contributed by atoms with van der Waals surface area (Å²) in [6, 6.07) is 0. The van der Waals surface area contributed by atoms with Crippen molar-refractivity contribution >= 4 is 5.91 Å². The maximum atomic E-state index is 12.8. The van der Waals surface area contributed by atoms with Gasteiger partial charge in [-0.1, -0.05) is 12.2 Å². The molecule has 29 heavy (non-hydrogen) atoms. The van der Waals surface area contributed by atoms with Gasteiger partial charge < -0.3 is 14.8 Å². The summed E-state index contributed by atoms with van der Waals surface area (Å²) < 4.78 is 0. The van der Waals surface area contributed by atoms with Crippen LogP contribution in [0.1, 0.15) is 67.9 Å². The average Bonchev–Trinajstić information content (AvgIpc) is 3.59. The van der Waals surface area contributed by atoms with Crippen LogP contribution >= 0.6 is 0 Å². The molecule has 1 N–H and O–H groups in total. The Bertz CT molecular complexity index is 857. The van der Waals surface area contributed by atoms with Gasteiger partial charge in [-0.3, -0.25) is 9.59 Å². The number of rotatable bonds is 4. The van der Waals surface area contributed by atoms with E-state index in [1.54, 1.807) is 0 Å². The molecule has 0 bridgehead atoms. The molecule has 6 heteroatoms. The molecular weight excluding hydrogens is 364 g/mol. The Hall–Kier alpha value is -1.95. The Morgan fingerprint density at radius 3 is 2.86 bits per heavy atom. The zero-order chi connectivity index (χ0) is 19.8. The fourth-order valence-electron chi connectivity index (χ4n) is 5.25. The number of hydrogen-bond donors (Lipinski definition) is 1. The van der Waals surface area contributed by atoms with Gasteiger partial charge in [-0.25, -0.2) is 4.98 Å². The second-order valence-electron chi connectivity index (χ2n) is 9.41. The number of H-pyrrole nitrogens is 1. The Balaban J connectivity index is 1.27. The van der Waals surface area contributed by atoms with Crippen molar-refractivity contribution in [2.24, 2.45) is 11.8 Å². The fraction of sp³-hybridized carbons (Fsp3) is 0.696. The molecule has 2 fully saturated rings. The molecule has 6 nitrogen and oxygen atoms in total. The van der Waals surface area contributed by atoms with E-state index in [0.717, 1.165) is 62.8 Å². The highest BCUT2D eigenvalue weighted by Gasteiger charge is 2.36. The van der Waals surface area contributed by atoms with E-state index in [2.05, 4.69) is 22.0 Å². The number of carbonyl (C=O) groups is 1. The summed E-state index contributed by atoms with van der Waals surface area (Å²) in [5.74, 6) is 2.37. The molecule has 4 aliphatic rings. The highest BCUT2D eigenvalue weighted by Crippen LogP contribution is 2.32. The molecule has 1 saturated heterocycles. The van der Waals surface area contributed by atoms with Crippen molar-refractivity contribution < 1.29 is 4.79 Å². The van der Waals surface area contributed by atoms with E-state index in [-0.39, 0.29) is 17.4 Å². The standard InChI is InChI=1S/C23H32N4O2/c28-22-19-15-27(23(29)17-8-9-17)12-10-20(19)24-21(25-22)18-7-4-11-26(14-18)13-16-5-2-1-3-6-16/h1-2,16-18H,3-15H2,(H,24,25,28)/t16-,18-/m1/s1. The second kappa shape index (κ2) is 8.05. The number of aromatic nitrogens is 2. The molecule has 2 aliphatic carbocycles. The normalized spacial score (nSPS) is 27.7. The van der Waals surface area contributed by atoms with Crippen molar-refractivity contribution in [3.63, 3.8) is 0 Å². The van der Waals surface area contributed by atoms with Gasteiger partial charge in [0.2, 0.25) is 5.91 Å². The van der Waals surface area contributed by atoms with Crippen molar-refractivity contribution in [1.82, 2.24) is 19.8 Å². The third kappa shape index (κ3) is 4.18. The maximum absolute atomic E-state index is 12.8. The predicted octanol–water partition coefficient (Wildman–Crippen LogP) is 2.60. The molecule has 1 aromatic heterocycles. The van der Waals surface area contributed by atoms with Crippen molar-refractivity contribution in [3.8, 4) is 0 Å². The molecule has 0 radical (unpaired) electrons. The lowest BCUT2D eigenvalue weighted by Gasteiger charge is -2.35. The van der Waals surface area contributed by atoms with Crippen molar-refractivity contribution in [3.05, 3.63) is 39.6 Å². The maximum Gasteiger partial charge on any atom is 0.256 e. The molecule has 156 valence electrons. The van der Waals surface area contributed by atoms with Crippen molar-refractivity contribution in [2.75, 3.05) is 26.2 Å². The minimum Gasteiger partial charge on any atom is -0.337 e. The Labute approximate surface area is 172 Å². The summed E-state index contributed by atoms with van der Waals surface area (Å²) in [5.41, 5.74) is 1.58. The lowest BCUT2D eigenvalue weighted by atomic mass is 9.91. The number of aromatic amines is 1. The van der Waals surface area contributed by atoms with E-state index < -0.39 is 0 Å². The van der Waals surface area contributed by atoms with E-state index in [0.29, 0.717) is 31.0 Å². The van der Waals surface area contributed by atoms with Crippen LogP contribution in [-0.4, -0.2) is 51.9 Å². The van der Waals surface area contributed by atoms with Crippen LogP contribution in [0.2, 0.25) is 0 Å². The molecule has 5 rings (SSSR count). The molecule has 1 saturated carbocycles. The smallest absolute Gasteiger partial charge is 0.256 e. The molecule has 1 aromatic rings. The van der Waals surface area contributed by atoms with Gasteiger partial charge in [0.15, 0.2) is 0 Å². The molecule has 3 heterocycles. The highest BCUT2D eigenvalue weighted by molar-refractivity contribution is 5.81. The molecule has 2 aliphatic heterocycles. The first-order chi connectivity index (χ1) is 14.2. The van der Waals surface area contributed by atoms with E-state index in [1.807, 2.05) is 4.90 Å². The van der Waals surface area contributed by atoms with Gasteiger partial charge in [0.25, 0.3) is 5.56 Å².